The van der Waals surface area contributed by atoms with Crippen LogP contribution in [0.1, 0.15) is 29.9 Å². The van der Waals surface area contributed by atoms with E-state index in [0.29, 0.717) is 17.9 Å². The lowest BCUT2D eigenvalue weighted by Gasteiger charge is -2.10. The summed E-state index contributed by atoms with van der Waals surface area (Å²) in [5.41, 5.74) is 8.02. The topological polar surface area (TPSA) is 53.1 Å². The molecule has 1 aromatic carbocycles. The molecule has 0 aliphatic carbocycles. The summed E-state index contributed by atoms with van der Waals surface area (Å²) in [6, 6.07) is 6.36. The lowest BCUT2D eigenvalue weighted by molar-refractivity contribution is 0.293. The molecule has 0 spiro atoms. The molecule has 2 aromatic rings. The third-order valence-corrected chi connectivity index (χ3v) is 2.95. The third-order valence-electron chi connectivity index (χ3n) is 2.95. The highest BCUT2D eigenvalue weighted by Crippen LogP contribution is 2.21. The van der Waals surface area contributed by atoms with Crippen molar-refractivity contribution in [3.8, 4) is 5.75 Å². The zero-order chi connectivity index (χ0) is 14.0. The summed E-state index contributed by atoms with van der Waals surface area (Å²) < 4.78 is 21.0. The summed E-state index contributed by atoms with van der Waals surface area (Å²) in [5.74, 6) is 0.148. The maximum atomic E-state index is 13.7. The van der Waals surface area contributed by atoms with Gasteiger partial charge in [-0.15, -0.1) is 0 Å². The van der Waals surface area contributed by atoms with E-state index in [1.807, 2.05) is 20.0 Å². The minimum atomic E-state index is -0.339. The van der Waals surface area contributed by atoms with Crippen molar-refractivity contribution in [2.24, 2.45) is 12.8 Å². The predicted octanol–water partition coefficient (Wildman–Crippen LogP) is 2.47. The van der Waals surface area contributed by atoms with Crippen LogP contribution in [0.2, 0.25) is 0 Å². The van der Waals surface area contributed by atoms with Crippen molar-refractivity contribution >= 4 is 0 Å². The van der Waals surface area contributed by atoms with E-state index in [1.54, 1.807) is 23.7 Å². The number of ether oxygens (including phenoxy) is 1. The fourth-order valence-corrected chi connectivity index (χ4v) is 1.92. The molecule has 19 heavy (non-hydrogen) atoms. The smallest absolute Gasteiger partial charge is 0.131 e. The van der Waals surface area contributed by atoms with Crippen LogP contribution < -0.4 is 10.5 Å². The highest BCUT2D eigenvalue weighted by Gasteiger charge is 2.09. The zero-order valence-corrected chi connectivity index (χ0v) is 11.4. The molecule has 5 heteroatoms. The highest BCUT2D eigenvalue weighted by molar-refractivity contribution is 5.30. The first-order valence-corrected chi connectivity index (χ1v) is 6.14. The second-order valence-corrected chi connectivity index (χ2v) is 4.66. The van der Waals surface area contributed by atoms with Gasteiger partial charge in [-0.05, 0) is 26.0 Å². The zero-order valence-electron chi connectivity index (χ0n) is 11.4. The minimum Gasteiger partial charge on any atom is -0.487 e. The van der Waals surface area contributed by atoms with Crippen LogP contribution in [0.4, 0.5) is 4.39 Å². The summed E-state index contributed by atoms with van der Waals surface area (Å²) in [7, 11) is 1.85. The highest BCUT2D eigenvalue weighted by atomic mass is 19.1. The molecule has 0 amide bonds. The Hall–Kier alpha value is -1.88. The molecule has 1 heterocycles. The van der Waals surface area contributed by atoms with Crippen LogP contribution in [0.15, 0.2) is 24.3 Å². The van der Waals surface area contributed by atoms with Gasteiger partial charge in [-0.3, -0.25) is 4.68 Å². The molecule has 0 unspecified atom stereocenters. The molecule has 1 aromatic heterocycles. The molecule has 0 bridgehead atoms. The van der Waals surface area contributed by atoms with Gasteiger partial charge in [0, 0.05) is 24.7 Å². The monoisotopic (exact) mass is 263 g/mol. The molecule has 0 saturated heterocycles. The second-order valence-electron chi connectivity index (χ2n) is 4.66. The molecular formula is C14H18FN3O. The number of halogens is 1. The Morgan fingerprint density at radius 3 is 2.68 bits per heavy atom. The summed E-state index contributed by atoms with van der Waals surface area (Å²) >= 11 is 0. The van der Waals surface area contributed by atoms with Crippen LogP contribution >= 0.6 is 0 Å². The second kappa shape index (κ2) is 5.40. The molecular weight excluding hydrogens is 245 g/mol. The van der Waals surface area contributed by atoms with E-state index in [-0.39, 0.29) is 11.9 Å². The van der Waals surface area contributed by atoms with Gasteiger partial charge in [0.1, 0.15) is 18.2 Å². The minimum absolute atomic E-state index is 0.325. The third kappa shape index (κ3) is 3.12. The van der Waals surface area contributed by atoms with Gasteiger partial charge in [0.25, 0.3) is 0 Å². The number of rotatable bonds is 4. The molecule has 0 saturated carbocycles. The summed E-state index contributed by atoms with van der Waals surface area (Å²) in [4.78, 5) is 0. The predicted molar refractivity (Wildman–Crippen MR) is 71.3 cm³/mol. The van der Waals surface area contributed by atoms with Gasteiger partial charge in [-0.25, -0.2) is 4.39 Å². The standard InChI is InChI=1S/C14H18FN3O/c1-9-6-11(18(3)17-9)8-19-12-4-5-13(10(2)16)14(15)7-12/h4-7,10H,8,16H2,1-3H3/t10-/m0/s1. The Labute approximate surface area is 112 Å². The van der Waals surface area contributed by atoms with Gasteiger partial charge in [-0.1, -0.05) is 6.07 Å². The first kappa shape index (κ1) is 13.5. The Bertz CT molecular complexity index is 578. The van der Waals surface area contributed by atoms with E-state index in [1.165, 1.54) is 6.07 Å². The van der Waals surface area contributed by atoms with Crippen LogP contribution in [0.5, 0.6) is 5.75 Å². The normalized spacial score (nSPS) is 12.5. The summed E-state index contributed by atoms with van der Waals surface area (Å²) in [5, 5.41) is 4.22. The number of hydrogen-bond acceptors (Lipinski definition) is 3. The fourth-order valence-electron chi connectivity index (χ4n) is 1.92. The molecule has 0 aliphatic rings. The average Bonchev–Trinajstić information content (AvgIpc) is 2.65. The molecule has 2 N–H and O–H groups in total. The Morgan fingerprint density at radius 2 is 2.16 bits per heavy atom. The maximum Gasteiger partial charge on any atom is 0.131 e. The molecule has 0 fully saturated rings. The van der Waals surface area contributed by atoms with Gasteiger partial charge >= 0.3 is 0 Å². The van der Waals surface area contributed by atoms with Crippen LogP contribution in [0, 0.1) is 12.7 Å². The van der Waals surface area contributed by atoms with E-state index in [4.69, 9.17) is 10.5 Å². The molecule has 102 valence electrons. The van der Waals surface area contributed by atoms with Crippen molar-refractivity contribution in [2.75, 3.05) is 0 Å². The Balaban J connectivity index is 2.08. The van der Waals surface area contributed by atoms with Crippen LogP contribution in [-0.4, -0.2) is 9.78 Å². The van der Waals surface area contributed by atoms with Crippen molar-refractivity contribution in [1.82, 2.24) is 9.78 Å². The van der Waals surface area contributed by atoms with Crippen LogP contribution in [-0.2, 0) is 13.7 Å². The molecule has 2 rings (SSSR count). The maximum absolute atomic E-state index is 13.7. The van der Waals surface area contributed by atoms with Gasteiger partial charge in [0.05, 0.1) is 11.4 Å². The van der Waals surface area contributed by atoms with Crippen LogP contribution in [0.25, 0.3) is 0 Å². The number of nitrogens with zero attached hydrogens (tertiary/aromatic N) is 2. The van der Waals surface area contributed by atoms with Crippen molar-refractivity contribution < 1.29 is 9.13 Å². The summed E-state index contributed by atoms with van der Waals surface area (Å²) in [6.45, 7) is 4.02. The molecule has 4 nitrogen and oxygen atoms in total. The summed E-state index contributed by atoms with van der Waals surface area (Å²) in [6.07, 6.45) is 0. The number of nitrogens with two attached hydrogens (primary N) is 1. The lowest BCUT2D eigenvalue weighted by atomic mass is 10.1. The average molecular weight is 263 g/mol. The fraction of sp³-hybridized carbons (Fsp3) is 0.357. The Morgan fingerprint density at radius 1 is 1.42 bits per heavy atom. The van der Waals surface area contributed by atoms with Crippen LogP contribution in [0.3, 0.4) is 0 Å². The van der Waals surface area contributed by atoms with Crippen molar-refractivity contribution in [3.63, 3.8) is 0 Å². The van der Waals surface area contributed by atoms with Crippen molar-refractivity contribution in [2.45, 2.75) is 26.5 Å². The van der Waals surface area contributed by atoms with Gasteiger partial charge < -0.3 is 10.5 Å². The number of aryl methyl sites for hydroxylation is 2. The molecule has 0 aliphatic heterocycles. The van der Waals surface area contributed by atoms with Gasteiger partial charge in [0.2, 0.25) is 0 Å². The Kier molecular flexibility index (Phi) is 3.85. The first-order chi connectivity index (χ1) is 8.97. The first-order valence-electron chi connectivity index (χ1n) is 6.14. The van der Waals surface area contributed by atoms with E-state index < -0.39 is 0 Å². The van der Waals surface area contributed by atoms with Crippen molar-refractivity contribution in [3.05, 3.63) is 47.0 Å². The largest absolute Gasteiger partial charge is 0.487 e. The lowest BCUT2D eigenvalue weighted by Crippen LogP contribution is -2.08. The number of benzene rings is 1. The van der Waals surface area contributed by atoms with E-state index in [9.17, 15) is 4.39 Å². The van der Waals surface area contributed by atoms with Gasteiger partial charge in [-0.2, -0.15) is 5.10 Å². The molecule has 0 radical (unpaired) electrons. The number of hydrogen-bond donors (Lipinski definition) is 1. The molecule has 1 atom stereocenters. The quantitative estimate of drug-likeness (QED) is 0.922. The van der Waals surface area contributed by atoms with E-state index in [0.717, 1.165) is 11.4 Å². The number of aromatic nitrogens is 2. The van der Waals surface area contributed by atoms with Crippen molar-refractivity contribution in [1.29, 1.82) is 0 Å². The SMILES string of the molecule is Cc1cc(COc2ccc([C@H](C)N)c(F)c2)n(C)n1. The van der Waals surface area contributed by atoms with E-state index >= 15 is 0 Å². The van der Waals surface area contributed by atoms with Gasteiger partial charge in [0.15, 0.2) is 0 Å². The van der Waals surface area contributed by atoms with E-state index in [2.05, 4.69) is 5.10 Å².